The minimum Gasteiger partial charge on any atom is -0.355 e. The zero-order valence-electron chi connectivity index (χ0n) is 15.8. The van der Waals surface area contributed by atoms with Crippen LogP contribution in [0.3, 0.4) is 0 Å². The fourth-order valence-corrected chi connectivity index (χ4v) is 4.78. The molecule has 2 aromatic heterocycles. The Morgan fingerprint density at radius 2 is 2.19 bits per heavy atom. The summed E-state index contributed by atoms with van der Waals surface area (Å²) >= 11 is 3.64. The predicted octanol–water partition coefficient (Wildman–Crippen LogP) is 3.55. The van der Waals surface area contributed by atoms with Crippen LogP contribution < -0.4 is 10.6 Å². The number of halogens is 1. The Balaban J connectivity index is 0.00000243. The van der Waals surface area contributed by atoms with Crippen LogP contribution in [0, 0.1) is 13.8 Å². The van der Waals surface area contributed by atoms with Crippen LogP contribution in [0.15, 0.2) is 16.4 Å². The van der Waals surface area contributed by atoms with E-state index < -0.39 is 0 Å². The third-order valence-corrected chi connectivity index (χ3v) is 6.82. The van der Waals surface area contributed by atoms with Gasteiger partial charge in [0.1, 0.15) is 5.01 Å². The van der Waals surface area contributed by atoms with Crippen molar-refractivity contribution in [2.75, 3.05) is 20.1 Å². The minimum atomic E-state index is 0. The van der Waals surface area contributed by atoms with Gasteiger partial charge in [-0.2, -0.15) is 0 Å². The third kappa shape index (κ3) is 5.40. The lowest BCUT2D eigenvalue weighted by Gasteiger charge is -2.32. The van der Waals surface area contributed by atoms with Crippen LogP contribution in [0.5, 0.6) is 0 Å². The van der Waals surface area contributed by atoms with Gasteiger partial charge in [0, 0.05) is 42.5 Å². The highest BCUT2D eigenvalue weighted by Gasteiger charge is 2.21. The first-order valence-electron chi connectivity index (χ1n) is 8.73. The molecule has 2 N–H and O–H groups in total. The van der Waals surface area contributed by atoms with Gasteiger partial charge in [-0.25, -0.2) is 4.98 Å². The van der Waals surface area contributed by atoms with Crippen molar-refractivity contribution in [2.45, 2.75) is 46.3 Å². The highest BCUT2D eigenvalue weighted by atomic mass is 127. The predicted molar refractivity (Wildman–Crippen MR) is 123 cm³/mol. The summed E-state index contributed by atoms with van der Waals surface area (Å²) in [5.41, 5.74) is 2.62. The SMILES string of the molecule is CN=C(NCc1nc(C)c(C)s1)NCC(C)N1CCc2sccc2C1.I. The fourth-order valence-electron chi connectivity index (χ4n) is 3.01. The number of rotatable bonds is 5. The summed E-state index contributed by atoms with van der Waals surface area (Å²) in [6, 6.07) is 2.74. The quantitative estimate of drug-likeness (QED) is 0.371. The third-order valence-electron chi connectivity index (χ3n) is 4.73. The summed E-state index contributed by atoms with van der Waals surface area (Å²) in [6.07, 6.45) is 1.17. The van der Waals surface area contributed by atoms with Crippen molar-refractivity contribution in [1.82, 2.24) is 20.5 Å². The van der Waals surface area contributed by atoms with Crippen molar-refractivity contribution in [3.05, 3.63) is 37.5 Å². The number of thiophene rings is 1. The molecule has 1 atom stereocenters. The minimum absolute atomic E-state index is 0. The van der Waals surface area contributed by atoms with Gasteiger partial charge >= 0.3 is 0 Å². The van der Waals surface area contributed by atoms with Crippen molar-refractivity contribution in [1.29, 1.82) is 0 Å². The molecule has 0 fully saturated rings. The van der Waals surface area contributed by atoms with E-state index in [9.17, 15) is 0 Å². The van der Waals surface area contributed by atoms with Crippen molar-refractivity contribution in [3.63, 3.8) is 0 Å². The average molecular weight is 505 g/mol. The van der Waals surface area contributed by atoms with Gasteiger partial charge in [-0.3, -0.25) is 9.89 Å². The Hall–Kier alpha value is -0.710. The Morgan fingerprint density at radius 3 is 2.88 bits per heavy atom. The largest absolute Gasteiger partial charge is 0.355 e. The monoisotopic (exact) mass is 505 g/mol. The number of hydrogen-bond acceptors (Lipinski definition) is 5. The first-order chi connectivity index (χ1) is 12.1. The highest BCUT2D eigenvalue weighted by molar-refractivity contribution is 14.0. The van der Waals surface area contributed by atoms with E-state index in [0.717, 1.165) is 42.8 Å². The Kier molecular flexibility index (Phi) is 8.31. The van der Waals surface area contributed by atoms with Gasteiger partial charge in [0.05, 0.1) is 12.2 Å². The standard InChI is InChI=1S/C18H27N5S2.HI/c1-12(23-7-5-16-15(11-23)6-8-24-16)9-20-18(19-4)21-10-17-22-13(2)14(3)25-17;/h6,8,12H,5,7,9-11H2,1-4H3,(H2,19,20,21);1H. The molecule has 144 valence electrons. The normalized spacial score (nSPS) is 15.9. The van der Waals surface area contributed by atoms with Gasteiger partial charge in [-0.05, 0) is 44.2 Å². The summed E-state index contributed by atoms with van der Waals surface area (Å²) in [4.78, 5) is 14.3. The first kappa shape index (κ1) is 21.6. The van der Waals surface area contributed by atoms with Gasteiger partial charge < -0.3 is 10.6 Å². The van der Waals surface area contributed by atoms with E-state index in [0.29, 0.717) is 6.04 Å². The molecule has 0 aromatic carbocycles. The number of fused-ring (bicyclic) bond motifs is 1. The molecule has 0 bridgehead atoms. The van der Waals surface area contributed by atoms with Gasteiger partial charge in [-0.15, -0.1) is 46.7 Å². The van der Waals surface area contributed by atoms with Crippen LogP contribution in [-0.4, -0.2) is 42.0 Å². The van der Waals surface area contributed by atoms with Crippen LogP contribution >= 0.6 is 46.7 Å². The van der Waals surface area contributed by atoms with E-state index in [-0.39, 0.29) is 24.0 Å². The van der Waals surface area contributed by atoms with Crippen LogP contribution in [0.1, 0.15) is 32.9 Å². The highest BCUT2D eigenvalue weighted by Crippen LogP contribution is 2.24. The number of nitrogens with zero attached hydrogens (tertiary/aromatic N) is 3. The van der Waals surface area contributed by atoms with E-state index in [1.54, 1.807) is 16.2 Å². The van der Waals surface area contributed by atoms with E-state index in [1.807, 2.05) is 18.4 Å². The van der Waals surface area contributed by atoms with Crippen LogP contribution in [0.2, 0.25) is 0 Å². The molecule has 0 saturated heterocycles. The van der Waals surface area contributed by atoms with Crippen molar-refractivity contribution < 1.29 is 0 Å². The topological polar surface area (TPSA) is 52.6 Å². The van der Waals surface area contributed by atoms with Gasteiger partial charge in [0.2, 0.25) is 0 Å². The van der Waals surface area contributed by atoms with Crippen molar-refractivity contribution >= 4 is 52.6 Å². The number of guanidine groups is 1. The van der Waals surface area contributed by atoms with Gasteiger partial charge in [0.25, 0.3) is 0 Å². The molecular weight excluding hydrogens is 477 g/mol. The maximum atomic E-state index is 4.57. The molecule has 8 heteroatoms. The van der Waals surface area contributed by atoms with Gasteiger partial charge in [-0.1, -0.05) is 0 Å². The van der Waals surface area contributed by atoms with Crippen LogP contribution in [-0.2, 0) is 19.5 Å². The Labute approximate surface area is 181 Å². The molecule has 1 aliphatic rings. The Bertz CT molecular complexity index is 720. The molecule has 1 unspecified atom stereocenters. The summed E-state index contributed by atoms with van der Waals surface area (Å²) < 4.78 is 0. The molecule has 2 aromatic rings. The Morgan fingerprint density at radius 1 is 1.38 bits per heavy atom. The number of aryl methyl sites for hydroxylation is 2. The molecule has 0 aliphatic carbocycles. The number of aliphatic imine (C=N–C) groups is 1. The molecule has 0 spiro atoms. The summed E-state index contributed by atoms with van der Waals surface area (Å²) in [5, 5.41) is 10.1. The summed E-state index contributed by atoms with van der Waals surface area (Å²) in [6.45, 7) is 10.3. The molecule has 0 amide bonds. The van der Waals surface area contributed by atoms with Crippen LogP contribution in [0.4, 0.5) is 0 Å². The lowest BCUT2D eigenvalue weighted by molar-refractivity contribution is 0.192. The molecule has 3 heterocycles. The van der Waals surface area contributed by atoms with Crippen molar-refractivity contribution in [3.8, 4) is 0 Å². The maximum Gasteiger partial charge on any atom is 0.191 e. The lowest BCUT2D eigenvalue weighted by atomic mass is 10.1. The van der Waals surface area contributed by atoms with Gasteiger partial charge in [0.15, 0.2) is 5.96 Å². The number of thiazole rings is 1. The molecule has 5 nitrogen and oxygen atoms in total. The van der Waals surface area contributed by atoms with E-state index >= 15 is 0 Å². The number of hydrogen-bond donors (Lipinski definition) is 2. The molecule has 1 aliphatic heterocycles. The summed E-state index contributed by atoms with van der Waals surface area (Å²) in [7, 11) is 1.82. The van der Waals surface area contributed by atoms with Crippen LogP contribution in [0.25, 0.3) is 0 Å². The molecule has 3 rings (SSSR count). The van der Waals surface area contributed by atoms with E-state index in [4.69, 9.17) is 0 Å². The molecule has 0 saturated carbocycles. The number of nitrogens with one attached hydrogen (secondary N) is 2. The second-order valence-electron chi connectivity index (χ2n) is 6.49. The summed E-state index contributed by atoms with van der Waals surface area (Å²) in [5.74, 6) is 0.839. The zero-order chi connectivity index (χ0) is 17.8. The first-order valence-corrected chi connectivity index (χ1v) is 10.4. The second kappa shape index (κ2) is 10.0. The number of aromatic nitrogens is 1. The van der Waals surface area contributed by atoms with E-state index in [1.165, 1.54) is 16.9 Å². The second-order valence-corrected chi connectivity index (χ2v) is 8.78. The lowest BCUT2D eigenvalue weighted by Crippen LogP contribution is -2.47. The molecule has 0 radical (unpaired) electrons. The van der Waals surface area contributed by atoms with E-state index in [2.05, 4.69) is 57.7 Å². The zero-order valence-corrected chi connectivity index (χ0v) is 19.8. The van der Waals surface area contributed by atoms with Crippen molar-refractivity contribution in [2.24, 2.45) is 4.99 Å². The smallest absolute Gasteiger partial charge is 0.191 e. The fraction of sp³-hybridized carbons (Fsp3) is 0.556. The maximum absolute atomic E-state index is 4.57. The average Bonchev–Trinajstić information content (AvgIpc) is 3.20. The molecule has 26 heavy (non-hydrogen) atoms. The molecular formula is C18H28IN5S2.